The molecule has 106 valence electrons. The lowest BCUT2D eigenvalue weighted by Crippen LogP contribution is -2.12. The van der Waals surface area contributed by atoms with Gasteiger partial charge < -0.3 is 10.1 Å². The molecule has 0 aliphatic carbocycles. The van der Waals surface area contributed by atoms with Crippen LogP contribution in [0.1, 0.15) is 16.2 Å². The van der Waals surface area contributed by atoms with Gasteiger partial charge in [-0.1, -0.05) is 0 Å². The Bertz CT molecular complexity index is 793. The highest BCUT2D eigenvalue weighted by molar-refractivity contribution is 6.04. The smallest absolute Gasteiger partial charge is 0.255 e. The second kappa shape index (κ2) is 5.24. The van der Waals surface area contributed by atoms with Gasteiger partial charge in [0.05, 0.1) is 7.11 Å². The molecule has 3 aromatic rings. The Kier molecular flexibility index (Phi) is 3.27. The van der Waals surface area contributed by atoms with Crippen LogP contribution in [-0.4, -0.2) is 27.6 Å². The number of carbonyl (C=O) groups excluding carboxylic acids is 1. The summed E-state index contributed by atoms with van der Waals surface area (Å²) in [5.74, 6) is 1.34. The lowest BCUT2D eigenvalue weighted by Gasteiger charge is -2.06. The number of aryl methyl sites for hydroxylation is 1. The Morgan fingerprint density at radius 2 is 1.95 bits per heavy atom. The Morgan fingerprint density at radius 3 is 2.67 bits per heavy atom. The van der Waals surface area contributed by atoms with Crippen molar-refractivity contribution in [2.45, 2.75) is 6.92 Å². The molecule has 1 aromatic carbocycles. The van der Waals surface area contributed by atoms with Crippen LogP contribution in [0.5, 0.6) is 5.75 Å². The van der Waals surface area contributed by atoms with Crippen molar-refractivity contribution in [1.29, 1.82) is 0 Å². The van der Waals surface area contributed by atoms with E-state index >= 15 is 0 Å². The fourth-order valence-corrected chi connectivity index (χ4v) is 2.03. The first kappa shape index (κ1) is 13.1. The lowest BCUT2D eigenvalue weighted by molar-refractivity contribution is 0.102. The summed E-state index contributed by atoms with van der Waals surface area (Å²) in [7, 11) is 1.60. The average Bonchev–Trinajstić information content (AvgIpc) is 2.89. The number of nitrogens with one attached hydrogen (secondary N) is 1. The zero-order chi connectivity index (χ0) is 14.8. The van der Waals surface area contributed by atoms with E-state index in [1.165, 1.54) is 0 Å². The second-order valence-electron chi connectivity index (χ2n) is 4.57. The van der Waals surface area contributed by atoms with Crippen molar-refractivity contribution in [2.24, 2.45) is 0 Å². The molecule has 0 saturated heterocycles. The van der Waals surface area contributed by atoms with E-state index in [2.05, 4.69) is 15.5 Å². The third kappa shape index (κ3) is 2.55. The maximum absolute atomic E-state index is 12.2. The number of benzene rings is 1. The molecule has 0 aliphatic heterocycles. The number of amides is 1. The first-order chi connectivity index (χ1) is 10.2. The van der Waals surface area contributed by atoms with Crippen molar-refractivity contribution in [3.63, 3.8) is 0 Å². The molecule has 0 unspecified atom stereocenters. The number of carbonyl (C=O) groups is 1. The first-order valence-electron chi connectivity index (χ1n) is 6.44. The van der Waals surface area contributed by atoms with Crippen LogP contribution in [0, 0.1) is 6.92 Å². The van der Waals surface area contributed by atoms with Gasteiger partial charge in [0.1, 0.15) is 11.6 Å². The molecule has 2 aromatic heterocycles. The van der Waals surface area contributed by atoms with E-state index in [1.54, 1.807) is 49.7 Å². The van der Waals surface area contributed by atoms with Gasteiger partial charge in [-0.25, -0.2) is 0 Å². The predicted octanol–water partition coefficient (Wildman–Crippen LogP) is 2.30. The summed E-state index contributed by atoms with van der Waals surface area (Å²) >= 11 is 0. The number of rotatable bonds is 3. The molecule has 2 heterocycles. The largest absolute Gasteiger partial charge is 0.497 e. The fourth-order valence-electron chi connectivity index (χ4n) is 2.03. The molecular weight excluding hydrogens is 268 g/mol. The molecule has 0 spiro atoms. The van der Waals surface area contributed by atoms with Gasteiger partial charge in [-0.05, 0) is 43.3 Å². The second-order valence-corrected chi connectivity index (χ2v) is 4.57. The third-order valence-corrected chi connectivity index (χ3v) is 3.19. The van der Waals surface area contributed by atoms with Crippen LogP contribution in [0.15, 0.2) is 42.6 Å². The van der Waals surface area contributed by atoms with Crippen molar-refractivity contribution < 1.29 is 9.53 Å². The molecule has 0 aliphatic rings. The monoisotopic (exact) mass is 282 g/mol. The summed E-state index contributed by atoms with van der Waals surface area (Å²) < 4.78 is 6.90. The molecule has 1 amide bonds. The van der Waals surface area contributed by atoms with E-state index in [0.717, 1.165) is 11.6 Å². The Hall–Kier alpha value is -2.89. The van der Waals surface area contributed by atoms with E-state index in [4.69, 9.17) is 4.74 Å². The number of ether oxygens (including phenoxy) is 1. The van der Waals surface area contributed by atoms with Crippen LogP contribution >= 0.6 is 0 Å². The number of anilines is 1. The SMILES string of the molecule is COc1ccc(NC(=O)c2ccn3c(C)nnc3c2)cc1. The number of nitrogens with zero attached hydrogens (tertiary/aromatic N) is 3. The zero-order valence-electron chi connectivity index (χ0n) is 11.7. The maximum Gasteiger partial charge on any atom is 0.255 e. The molecule has 0 atom stereocenters. The number of hydrogen-bond donors (Lipinski definition) is 1. The van der Waals surface area contributed by atoms with Crippen molar-refractivity contribution in [3.8, 4) is 5.75 Å². The Balaban J connectivity index is 1.82. The number of fused-ring (bicyclic) bond motifs is 1. The van der Waals surface area contributed by atoms with Crippen LogP contribution in [0.2, 0.25) is 0 Å². The van der Waals surface area contributed by atoms with Gasteiger partial charge in [-0.3, -0.25) is 9.20 Å². The third-order valence-electron chi connectivity index (χ3n) is 3.19. The molecule has 6 heteroatoms. The van der Waals surface area contributed by atoms with Gasteiger partial charge in [0, 0.05) is 17.4 Å². The zero-order valence-corrected chi connectivity index (χ0v) is 11.7. The highest BCUT2D eigenvalue weighted by Gasteiger charge is 2.09. The van der Waals surface area contributed by atoms with Crippen LogP contribution in [0.3, 0.4) is 0 Å². The molecule has 1 N–H and O–H groups in total. The van der Waals surface area contributed by atoms with Gasteiger partial charge in [0.2, 0.25) is 0 Å². The average molecular weight is 282 g/mol. The highest BCUT2D eigenvalue weighted by Crippen LogP contribution is 2.16. The van der Waals surface area contributed by atoms with E-state index < -0.39 is 0 Å². The van der Waals surface area contributed by atoms with Gasteiger partial charge in [-0.15, -0.1) is 10.2 Å². The normalized spacial score (nSPS) is 10.6. The topological polar surface area (TPSA) is 68.5 Å². The van der Waals surface area contributed by atoms with Gasteiger partial charge in [0.25, 0.3) is 5.91 Å². The van der Waals surface area contributed by atoms with E-state index in [9.17, 15) is 4.79 Å². The minimum atomic E-state index is -0.191. The predicted molar refractivity (Wildman–Crippen MR) is 78.7 cm³/mol. The van der Waals surface area contributed by atoms with Gasteiger partial charge >= 0.3 is 0 Å². The van der Waals surface area contributed by atoms with Gasteiger partial charge in [-0.2, -0.15) is 0 Å². The van der Waals surface area contributed by atoms with Crippen LogP contribution < -0.4 is 10.1 Å². The standard InChI is InChI=1S/C15H14N4O2/c1-10-17-18-14-9-11(7-8-19(10)14)15(20)16-12-3-5-13(21-2)6-4-12/h3-9H,1-2H3,(H,16,20). The van der Waals surface area contributed by atoms with Crippen molar-refractivity contribution >= 4 is 17.2 Å². The molecule has 6 nitrogen and oxygen atoms in total. The van der Waals surface area contributed by atoms with E-state index in [1.807, 2.05) is 11.3 Å². The number of hydrogen-bond acceptors (Lipinski definition) is 4. The first-order valence-corrected chi connectivity index (χ1v) is 6.44. The Labute approximate surface area is 121 Å². The summed E-state index contributed by atoms with van der Waals surface area (Å²) in [6.45, 7) is 1.86. The lowest BCUT2D eigenvalue weighted by atomic mass is 10.2. The van der Waals surface area contributed by atoms with Crippen LogP contribution in [0.4, 0.5) is 5.69 Å². The number of pyridine rings is 1. The molecule has 21 heavy (non-hydrogen) atoms. The van der Waals surface area contributed by atoms with Crippen molar-refractivity contribution in [3.05, 3.63) is 54.0 Å². The molecule has 0 saturated carbocycles. The molecule has 0 fully saturated rings. The van der Waals surface area contributed by atoms with Crippen molar-refractivity contribution in [1.82, 2.24) is 14.6 Å². The maximum atomic E-state index is 12.2. The summed E-state index contributed by atoms with van der Waals surface area (Å²) in [5, 5.41) is 10.8. The molecule has 0 bridgehead atoms. The van der Waals surface area contributed by atoms with Crippen LogP contribution in [-0.2, 0) is 0 Å². The molecular formula is C15H14N4O2. The summed E-state index contributed by atoms with van der Waals surface area (Å²) in [5.41, 5.74) is 1.89. The van der Waals surface area contributed by atoms with Gasteiger partial charge in [0.15, 0.2) is 5.65 Å². The fraction of sp³-hybridized carbons (Fsp3) is 0.133. The van der Waals surface area contributed by atoms with Crippen molar-refractivity contribution in [2.75, 3.05) is 12.4 Å². The summed E-state index contributed by atoms with van der Waals surface area (Å²) in [6, 6.07) is 10.6. The number of methoxy groups -OCH3 is 1. The Morgan fingerprint density at radius 1 is 1.19 bits per heavy atom. The van der Waals surface area contributed by atoms with E-state index in [0.29, 0.717) is 16.9 Å². The molecule has 0 radical (unpaired) electrons. The number of aromatic nitrogens is 3. The summed E-state index contributed by atoms with van der Waals surface area (Å²) in [4.78, 5) is 12.2. The minimum Gasteiger partial charge on any atom is -0.497 e. The van der Waals surface area contributed by atoms with E-state index in [-0.39, 0.29) is 5.91 Å². The van der Waals surface area contributed by atoms with Crippen LogP contribution in [0.25, 0.3) is 5.65 Å². The highest BCUT2D eigenvalue weighted by atomic mass is 16.5. The molecule has 3 rings (SSSR count). The quantitative estimate of drug-likeness (QED) is 0.800. The minimum absolute atomic E-state index is 0.191. The summed E-state index contributed by atoms with van der Waals surface area (Å²) in [6.07, 6.45) is 1.79.